The van der Waals surface area contributed by atoms with Crippen LogP contribution >= 0.6 is 0 Å². The molecule has 0 aliphatic carbocycles. The van der Waals surface area contributed by atoms with E-state index in [1.807, 2.05) is 26.0 Å². The lowest BCUT2D eigenvalue weighted by atomic mass is 10.1. The van der Waals surface area contributed by atoms with Crippen LogP contribution in [0.3, 0.4) is 0 Å². The number of carbonyl (C=O) groups excluding carboxylic acids is 1. The Morgan fingerprint density at radius 1 is 1.30 bits per heavy atom. The smallest absolute Gasteiger partial charge is 0.409 e. The average molecular weight is 277 g/mol. The number of nitrogens with two attached hydrogens (primary N) is 1. The Kier molecular flexibility index (Phi) is 4.84. The number of piperazine rings is 1. The molecule has 5 nitrogen and oxygen atoms in total. The molecule has 1 fully saturated rings. The fourth-order valence-electron chi connectivity index (χ4n) is 2.51. The largest absolute Gasteiger partial charge is 0.450 e. The summed E-state index contributed by atoms with van der Waals surface area (Å²) in [6.45, 7) is 7.23. The molecule has 2 rings (SSSR count). The Labute approximate surface area is 120 Å². The predicted molar refractivity (Wildman–Crippen MR) is 79.9 cm³/mol. The Balaban J connectivity index is 2.02. The van der Waals surface area contributed by atoms with E-state index >= 15 is 0 Å². The van der Waals surface area contributed by atoms with Crippen molar-refractivity contribution >= 4 is 11.8 Å². The second-order valence-corrected chi connectivity index (χ2v) is 5.02. The zero-order valence-corrected chi connectivity index (χ0v) is 12.2. The topological polar surface area (TPSA) is 58.8 Å². The van der Waals surface area contributed by atoms with Gasteiger partial charge in [-0.2, -0.15) is 0 Å². The molecule has 1 aromatic carbocycles. The van der Waals surface area contributed by atoms with Crippen molar-refractivity contribution in [2.45, 2.75) is 19.9 Å². The molecule has 0 aromatic heterocycles. The molecular formula is C15H23N3O2. The quantitative estimate of drug-likeness (QED) is 0.918. The second kappa shape index (κ2) is 6.61. The first-order chi connectivity index (χ1) is 9.63. The maximum absolute atomic E-state index is 11.7. The first-order valence-electron chi connectivity index (χ1n) is 7.14. The Morgan fingerprint density at radius 3 is 2.55 bits per heavy atom. The lowest BCUT2D eigenvalue weighted by Crippen LogP contribution is -2.49. The molecule has 0 radical (unpaired) electrons. The summed E-state index contributed by atoms with van der Waals surface area (Å²) in [6, 6.07) is 8.21. The fourth-order valence-corrected chi connectivity index (χ4v) is 2.51. The van der Waals surface area contributed by atoms with Crippen molar-refractivity contribution in [3.05, 3.63) is 29.8 Å². The van der Waals surface area contributed by atoms with Gasteiger partial charge in [0, 0.05) is 37.9 Å². The SMILES string of the molecule is CCOC(=O)N1CCN(c2ccccc2[C@H](C)N)CC1. The van der Waals surface area contributed by atoms with Crippen molar-refractivity contribution < 1.29 is 9.53 Å². The average Bonchev–Trinajstić information content (AvgIpc) is 2.47. The molecule has 0 unspecified atom stereocenters. The number of hydrogen-bond donors (Lipinski definition) is 1. The van der Waals surface area contributed by atoms with Gasteiger partial charge < -0.3 is 20.3 Å². The van der Waals surface area contributed by atoms with Crippen LogP contribution in [-0.4, -0.2) is 43.8 Å². The van der Waals surface area contributed by atoms with E-state index in [0.717, 1.165) is 18.7 Å². The lowest BCUT2D eigenvalue weighted by Gasteiger charge is -2.36. The third-order valence-electron chi connectivity index (χ3n) is 3.57. The van der Waals surface area contributed by atoms with Crippen molar-refractivity contribution in [2.75, 3.05) is 37.7 Å². The molecular weight excluding hydrogens is 254 g/mol. The number of carbonyl (C=O) groups is 1. The molecule has 0 bridgehead atoms. The first kappa shape index (κ1) is 14.7. The van der Waals surface area contributed by atoms with Gasteiger partial charge in [-0.3, -0.25) is 0 Å². The number of anilines is 1. The summed E-state index contributed by atoms with van der Waals surface area (Å²) >= 11 is 0. The minimum Gasteiger partial charge on any atom is -0.450 e. The van der Waals surface area contributed by atoms with E-state index in [9.17, 15) is 4.79 Å². The molecule has 1 aliphatic rings. The molecule has 1 saturated heterocycles. The highest BCUT2D eigenvalue weighted by atomic mass is 16.6. The summed E-state index contributed by atoms with van der Waals surface area (Å²) in [4.78, 5) is 15.7. The Hall–Kier alpha value is -1.75. The van der Waals surface area contributed by atoms with Crippen molar-refractivity contribution in [3.63, 3.8) is 0 Å². The lowest BCUT2D eigenvalue weighted by molar-refractivity contribution is 0.105. The Bertz CT molecular complexity index is 454. The van der Waals surface area contributed by atoms with Gasteiger partial charge in [0.05, 0.1) is 6.61 Å². The van der Waals surface area contributed by atoms with Gasteiger partial charge >= 0.3 is 6.09 Å². The molecule has 0 saturated carbocycles. The van der Waals surface area contributed by atoms with Gasteiger partial charge in [-0.05, 0) is 25.5 Å². The zero-order chi connectivity index (χ0) is 14.5. The van der Waals surface area contributed by atoms with Gasteiger partial charge in [0.1, 0.15) is 0 Å². The Morgan fingerprint density at radius 2 is 1.95 bits per heavy atom. The summed E-state index contributed by atoms with van der Waals surface area (Å²) in [7, 11) is 0. The van der Waals surface area contributed by atoms with E-state index in [0.29, 0.717) is 19.7 Å². The third-order valence-corrected chi connectivity index (χ3v) is 3.57. The van der Waals surface area contributed by atoms with Crippen LogP contribution in [0.1, 0.15) is 25.5 Å². The number of ether oxygens (including phenoxy) is 1. The maximum atomic E-state index is 11.7. The number of nitrogens with zero attached hydrogens (tertiary/aromatic N) is 2. The van der Waals surface area contributed by atoms with Gasteiger partial charge in [-0.15, -0.1) is 0 Å². The van der Waals surface area contributed by atoms with Gasteiger partial charge in [0.25, 0.3) is 0 Å². The molecule has 20 heavy (non-hydrogen) atoms. The molecule has 1 heterocycles. The molecule has 110 valence electrons. The van der Waals surface area contributed by atoms with Gasteiger partial charge in [-0.1, -0.05) is 18.2 Å². The molecule has 1 amide bonds. The summed E-state index contributed by atoms with van der Waals surface area (Å²) in [5, 5.41) is 0. The van der Waals surface area contributed by atoms with Crippen LogP contribution in [0.15, 0.2) is 24.3 Å². The molecule has 1 aromatic rings. The first-order valence-corrected chi connectivity index (χ1v) is 7.14. The van der Waals surface area contributed by atoms with E-state index < -0.39 is 0 Å². The zero-order valence-electron chi connectivity index (χ0n) is 12.2. The standard InChI is InChI=1S/C15H23N3O2/c1-3-20-15(19)18-10-8-17(9-11-18)14-7-5-4-6-13(14)12(2)16/h4-7,12H,3,8-11,16H2,1-2H3/t12-/m0/s1. The molecule has 0 spiro atoms. The van der Waals surface area contributed by atoms with Crippen molar-refractivity contribution in [2.24, 2.45) is 5.73 Å². The highest BCUT2D eigenvalue weighted by Crippen LogP contribution is 2.25. The maximum Gasteiger partial charge on any atom is 0.409 e. The second-order valence-electron chi connectivity index (χ2n) is 5.02. The summed E-state index contributed by atoms with van der Waals surface area (Å²) < 4.78 is 5.03. The van der Waals surface area contributed by atoms with Crippen LogP contribution in [0.2, 0.25) is 0 Å². The van der Waals surface area contributed by atoms with Crippen LogP contribution in [-0.2, 0) is 4.74 Å². The van der Waals surface area contributed by atoms with E-state index in [-0.39, 0.29) is 12.1 Å². The predicted octanol–water partition coefficient (Wildman–Crippen LogP) is 1.98. The van der Waals surface area contributed by atoms with Crippen LogP contribution in [0.5, 0.6) is 0 Å². The van der Waals surface area contributed by atoms with Gasteiger partial charge in [0.15, 0.2) is 0 Å². The summed E-state index contributed by atoms with van der Waals surface area (Å²) in [5.41, 5.74) is 8.35. The number of benzene rings is 1. The highest BCUT2D eigenvalue weighted by molar-refractivity contribution is 5.68. The van der Waals surface area contributed by atoms with Gasteiger partial charge in [-0.25, -0.2) is 4.79 Å². The normalized spacial score (nSPS) is 16.9. The highest BCUT2D eigenvalue weighted by Gasteiger charge is 2.23. The van der Waals surface area contributed by atoms with Crippen molar-refractivity contribution in [1.29, 1.82) is 0 Å². The third kappa shape index (κ3) is 3.22. The van der Waals surface area contributed by atoms with Crippen LogP contribution in [0, 0.1) is 0 Å². The summed E-state index contributed by atoms with van der Waals surface area (Å²) in [5.74, 6) is 0. The number of hydrogen-bond acceptors (Lipinski definition) is 4. The van der Waals surface area contributed by atoms with E-state index in [4.69, 9.17) is 10.5 Å². The van der Waals surface area contributed by atoms with Gasteiger partial charge in [0.2, 0.25) is 0 Å². The van der Waals surface area contributed by atoms with Crippen molar-refractivity contribution in [1.82, 2.24) is 4.90 Å². The van der Waals surface area contributed by atoms with Crippen molar-refractivity contribution in [3.8, 4) is 0 Å². The molecule has 1 aliphatic heterocycles. The number of rotatable bonds is 3. The number of amides is 1. The molecule has 5 heteroatoms. The van der Waals surface area contributed by atoms with Crippen LogP contribution in [0.25, 0.3) is 0 Å². The molecule has 1 atom stereocenters. The summed E-state index contributed by atoms with van der Waals surface area (Å²) in [6.07, 6.45) is -0.215. The minimum absolute atomic E-state index is 0.00860. The van der Waals surface area contributed by atoms with E-state index in [1.54, 1.807) is 4.90 Å². The van der Waals surface area contributed by atoms with Crippen LogP contribution < -0.4 is 10.6 Å². The monoisotopic (exact) mass is 277 g/mol. The van der Waals surface area contributed by atoms with Crippen LogP contribution in [0.4, 0.5) is 10.5 Å². The van der Waals surface area contributed by atoms with E-state index in [1.165, 1.54) is 5.69 Å². The fraction of sp³-hybridized carbons (Fsp3) is 0.533. The van der Waals surface area contributed by atoms with E-state index in [2.05, 4.69) is 17.0 Å². The molecule has 2 N–H and O–H groups in total. The number of para-hydroxylation sites is 1. The minimum atomic E-state index is -0.215.